The molecule has 0 radical (unpaired) electrons. The molecule has 0 saturated heterocycles. The van der Waals surface area contributed by atoms with E-state index < -0.39 is 5.82 Å². The minimum atomic E-state index is -0.657. The fraction of sp³-hybridized carbons (Fsp3) is 0.222. The van der Waals surface area contributed by atoms with E-state index in [4.69, 9.17) is 16.3 Å². The highest BCUT2D eigenvalue weighted by molar-refractivity contribution is 7.98. The zero-order valence-corrected chi connectivity index (χ0v) is 10.1. The molecule has 2 heterocycles. The van der Waals surface area contributed by atoms with Crippen molar-refractivity contribution in [1.29, 1.82) is 0 Å². The van der Waals surface area contributed by atoms with Crippen molar-refractivity contribution in [3.63, 3.8) is 0 Å². The molecule has 0 aromatic carbocycles. The van der Waals surface area contributed by atoms with E-state index in [0.29, 0.717) is 10.5 Å². The normalized spacial score (nSPS) is 10.8. The number of pyridine rings is 1. The van der Waals surface area contributed by atoms with Crippen LogP contribution in [0.2, 0.25) is 5.15 Å². The molecule has 2 rings (SSSR count). The van der Waals surface area contributed by atoms with Crippen molar-refractivity contribution < 1.29 is 9.13 Å². The van der Waals surface area contributed by atoms with Crippen molar-refractivity contribution in [2.24, 2.45) is 0 Å². The van der Waals surface area contributed by atoms with Crippen molar-refractivity contribution in [2.45, 2.75) is 5.16 Å². The minimum absolute atomic E-state index is 0.121. The molecular formula is C9H7ClFN3OS. The summed E-state index contributed by atoms with van der Waals surface area (Å²) < 4.78 is 18.7. The molecule has 0 amide bonds. The third-order valence-electron chi connectivity index (χ3n) is 1.96. The molecule has 0 aliphatic rings. The van der Waals surface area contributed by atoms with Gasteiger partial charge in [-0.25, -0.2) is 14.4 Å². The Labute approximate surface area is 100 Å². The first kappa shape index (κ1) is 11.3. The van der Waals surface area contributed by atoms with Crippen LogP contribution in [-0.4, -0.2) is 28.3 Å². The van der Waals surface area contributed by atoms with Gasteiger partial charge in [-0.1, -0.05) is 23.4 Å². The fourth-order valence-electron chi connectivity index (χ4n) is 1.24. The smallest absolute Gasteiger partial charge is 0.225 e. The zero-order chi connectivity index (χ0) is 11.7. The van der Waals surface area contributed by atoms with Crippen LogP contribution >= 0.6 is 23.4 Å². The molecule has 0 spiro atoms. The SMILES string of the molecule is COc1nc(Cl)c(F)c2nc(SC)ncc12. The summed E-state index contributed by atoms with van der Waals surface area (Å²) in [5.41, 5.74) is 0.121. The van der Waals surface area contributed by atoms with Crippen LogP contribution in [-0.2, 0) is 0 Å². The number of thioether (sulfide) groups is 1. The summed E-state index contributed by atoms with van der Waals surface area (Å²) in [7, 11) is 1.43. The van der Waals surface area contributed by atoms with Gasteiger partial charge in [-0.05, 0) is 6.26 Å². The van der Waals surface area contributed by atoms with Crippen molar-refractivity contribution in [2.75, 3.05) is 13.4 Å². The van der Waals surface area contributed by atoms with Crippen LogP contribution in [0.4, 0.5) is 4.39 Å². The molecule has 0 aliphatic heterocycles. The quantitative estimate of drug-likeness (QED) is 0.471. The highest BCUT2D eigenvalue weighted by Crippen LogP contribution is 2.29. The number of methoxy groups -OCH3 is 1. The first-order valence-electron chi connectivity index (χ1n) is 4.27. The van der Waals surface area contributed by atoms with Gasteiger partial charge in [0.1, 0.15) is 5.52 Å². The monoisotopic (exact) mass is 259 g/mol. The topological polar surface area (TPSA) is 47.9 Å². The van der Waals surface area contributed by atoms with Crippen molar-refractivity contribution in [1.82, 2.24) is 15.0 Å². The van der Waals surface area contributed by atoms with Crippen molar-refractivity contribution in [3.8, 4) is 5.88 Å². The molecule has 7 heteroatoms. The van der Waals surface area contributed by atoms with E-state index in [2.05, 4.69) is 15.0 Å². The molecule has 0 saturated carbocycles. The standard InChI is InChI=1S/C9H7ClFN3OS/c1-15-8-4-3-12-9(16-2)13-6(4)5(11)7(10)14-8/h3H,1-2H3. The number of nitrogens with zero attached hydrogens (tertiary/aromatic N) is 3. The Bertz CT molecular complexity index is 552. The van der Waals surface area contributed by atoms with E-state index >= 15 is 0 Å². The van der Waals surface area contributed by atoms with Crippen molar-refractivity contribution >= 4 is 34.3 Å². The van der Waals surface area contributed by atoms with Gasteiger partial charge in [-0.3, -0.25) is 0 Å². The minimum Gasteiger partial charge on any atom is -0.480 e. The summed E-state index contributed by atoms with van der Waals surface area (Å²) in [5.74, 6) is -0.441. The Balaban J connectivity index is 2.82. The zero-order valence-electron chi connectivity index (χ0n) is 8.49. The number of hydrogen-bond acceptors (Lipinski definition) is 5. The Morgan fingerprint density at radius 1 is 1.44 bits per heavy atom. The molecular weight excluding hydrogens is 253 g/mol. The molecule has 0 atom stereocenters. The lowest BCUT2D eigenvalue weighted by molar-refractivity contribution is 0.401. The van der Waals surface area contributed by atoms with E-state index in [0.717, 1.165) is 0 Å². The van der Waals surface area contributed by atoms with Gasteiger partial charge in [0, 0.05) is 6.20 Å². The van der Waals surface area contributed by atoms with Crippen LogP contribution in [0, 0.1) is 5.82 Å². The third-order valence-corrected chi connectivity index (χ3v) is 2.77. The Hall–Kier alpha value is -1.14. The highest BCUT2D eigenvalue weighted by Gasteiger charge is 2.15. The van der Waals surface area contributed by atoms with E-state index in [1.54, 1.807) is 6.26 Å². The van der Waals surface area contributed by atoms with Crippen LogP contribution in [0.1, 0.15) is 0 Å². The molecule has 0 unspecified atom stereocenters. The average molecular weight is 260 g/mol. The maximum Gasteiger partial charge on any atom is 0.225 e. The van der Waals surface area contributed by atoms with Gasteiger partial charge in [0.25, 0.3) is 0 Å². The molecule has 4 nitrogen and oxygen atoms in total. The van der Waals surface area contributed by atoms with Gasteiger partial charge in [0.2, 0.25) is 5.88 Å². The molecule has 0 fully saturated rings. The third kappa shape index (κ3) is 1.78. The van der Waals surface area contributed by atoms with Crippen LogP contribution < -0.4 is 4.74 Å². The van der Waals surface area contributed by atoms with Gasteiger partial charge in [0.05, 0.1) is 12.5 Å². The highest BCUT2D eigenvalue weighted by atomic mass is 35.5. The molecule has 0 bridgehead atoms. The summed E-state index contributed by atoms with van der Waals surface area (Å²) in [6.07, 6.45) is 3.28. The first-order valence-corrected chi connectivity index (χ1v) is 5.87. The van der Waals surface area contributed by atoms with E-state index in [-0.39, 0.29) is 16.5 Å². The molecule has 0 N–H and O–H groups in total. The largest absolute Gasteiger partial charge is 0.480 e. The van der Waals surface area contributed by atoms with E-state index in [1.165, 1.54) is 25.1 Å². The van der Waals surface area contributed by atoms with Gasteiger partial charge in [0.15, 0.2) is 16.1 Å². The number of halogens is 2. The van der Waals surface area contributed by atoms with Crippen LogP contribution in [0.15, 0.2) is 11.4 Å². The lowest BCUT2D eigenvalue weighted by atomic mass is 10.3. The maximum atomic E-state index is 13.7. The fourth-order valence-corrected chi connectivity index (χ4v) is 1.75. The number of fused-ring (bicyclic) bond motifs is 1. The second kappa shape index (κ2) is 4.39. The summed E-state index contributed by atoms with van der Waals surface area (Å²) >= 11 is 6.95. The lowest BCUT2D eigenvalue weighted by Crippen LogP contribution is -1.97. The summed E-state index contributed by atoms with van der Waals surface area (Å²) in [5, 5.41) is 0.619. The second-order valence-electron chi connectivity index (χ2n) is 2.84. The molecule has 2 aromatic heterocycles. The second-order valence-corrected chi connectivity index (χ2v) is 3.98. The van der Waals surface area contributed by atoms with E-state index in [1.807, 2.05) is 0 Å². The van der Waals surface area contributed by atoms with Crippen molar-refractivity contribution in [3.05, 3.63) is 17.2 Å². The predicted molar refractivity (Wildman–Crippen MR) is 60.6 cm³/mol. The number of rotatable bonds is 2. The predicted octanol–water partition coefficient (Wildman–Crippen LogP) is 2.55. The number of aromatic nitrogens is 3. The molecule has 84 valence electrons. The molecule has 0 aliphatic carbocycles. The van der Waals surface area contributed by atoms with Gasteiger partial charge >= 0.3 is 0 Å². The van der Waals surface area contributed by atoms with Crippen LogP contribution in [0.25, 0.3) is 10.9 Å². The Kier molecular flexibility index (Phi) is 3.11. The average Bonchev–Trinajstić information content (AvgIpc) is 2.33. The summed E-state index contributed by atoms with van der Waals surface area (Å²) in [6.45, 7) is 0. The summed E-state index contributed by atoms with van der Waals surface area (Å²) in [4.78, 5) is 11.8. The Morgan fingerprint density at radius 3 is 2.81 bits per heavy atom. The lowest BCUT2D eigenvalue weighted by Gasteiger charge is -2.06. The maximum absolute atomic E-state index is 13.7. The summed E-state index contributed by atoms with van der Waals surface area (Å²) in [6, 6.07) is 0. The number of hydrogen-bond donors (Lipinski definition) is 0. The van der Waals surface area contributed by atoms with Crippen LogP contribution in [0.5, 0.6) is 5.88 Å². The van der Waals surface area contributed by atoms with Gasteiger partial charge < -0.3 is 4.74 Å². The van der Waals surface area contributed by atoms with Crippen LogP contribution in [0.3, 0.4) is 0 Å². The van der Waals surface area contributed by atoms with Gasteiger partial charge in [-0.15, -0.1) is 0 Å². The van der Waals surface area contributed by atoms with E-state index in [9.17, 15) is 4.39 Å². The van der Waals surface area contributed by atoms with Gasteiger partial charge in [-0.2, -0.15) is 4.98 Å². The first-order chi connectivity index (χ1) is 7.67. The molecule has 16 heavy (non-hydrogen) atoms. The Morgan fingerprint density at radius 2 is 2.19 bits per heavy atom. The number of ether oxygens (including phenoxy) is 1. The molecule has 2 aromatic rings.